The normalized spacial score (nSPS) is 31.6. The molecule has 1 saturated heterocycles. The summed E-state index contributed by atoms with van der Waals surface area (Å²) < 4.78 is 5.76. The summed E-state index contributed by atoms with van der Waals surface area (Å²) in [7, 11) is 2.08. The maximum atomic E-state index is 12.6. The lowest BCUT2D eigenvalue weighted by Crippen LogP contribution is -2.52. The van der Waals surface area contributed by atoms with E-state index in [0.717, 1.165) is 39.0 Å². The van der Waals surface area contributed by atoms with Gasteiger partial charge in [0.1, 0.15) is 5.75 Å². The Hall–Kier alpha value is -1.59. The zero-order valence-corrected chi connectivity index (χ0v) is 16.7. The van der Waals surface area contributed by atoms with Crippen molar-refractivity contribution in [3.63, 3.8) is 0 Å². The third kappa shape index (κ3) is 3.59. The molecule has 2 fully saturated rings. The van der Waals surface area contributed by atoms with Gasteiger partial charge in [0.2, 0.25) is 0 Å². The average Bonchev–Trinajstić information content (AvgIpc) is 2.66. The zero-order valence-electron chi connectivity index (χ0n) is 16.7. The van der Waals surface area contributed by atoms with Crippen LogP contribution in [0.15, 0.2) is 18.2 Å². The molecule has 0 aromatic heterocycles. The smallest absolute Gasteiger partial charge is 0.410 e. The number of piperazine rings is 1. The minimum atomic E-state index is -0.233. The maximum Gasteiger partial charge on any atom is 0.415 e. The molecule has 1 saturated carbocycles. The van der Waals surface area contributed by atoms with Crippen LogP contribution in [0.2, 0.25) is 0 Å². The Morgan fingerprint density at radius 3 is 2.74 bits per heavy atom. The standard InChI is InChI=1S/C22H33N3O2/c1-22-9-5-3-4-6-17(20(22)23)14-16-7-8-18(15-19(16)22)27-21(26)25-12-10-24(2)11-13-25/h7-8,15,17,20H,3-6,9-14,23H2,1-2H3/t17?,20-,22+/m0/s1. The van der Waals surface area contributed by atoms with Crippen molar-refractivity contribution in [3.8, 4) is 5.75 Å². The largest absolute Gasteiger partial charge is 0.415 e. The first-order valence-corrected chi connectivity index (χ1v) is 10.5. The summed E-state index contributed by atoms with van der Waals surface area (Å²) in [6.07, 6.45) is 6.99. The Labute approximate surface area is 162 Å². The number of rotatable bonds is 1. The first-order valence-electron chi connectivity index (χ1n) is 10.5. The van der Waals surface area contributed by atoms with Crippen LogP contribution in [0.1, 0.15) is 50.2 Å². The highest BCUT2D eigenvalue weighted by Gasteiger charge is 2.43. The Morgan fingerprint density at radius 1 is 1.19 bits per heavy atom. The van der Waals surface area contributed by atoms with Gasteiger partial charge in [-0.25, -0.2) is 4.79 Å². The number of nitrogens with two attached hydrogens (primary N) is 1. The number of carbonyl (C=O) groups excluding carboxylic acids is 1. The summed E-state index contributed by atoms with van der Waals surface area (Å²) in [5, 5.41) is 0. The molecular formula is C22H33N3O2. The van der Waals surface area contributed by atoms with Gasteiger partial charge in [-0.05, 0) is 55.5 Å². The van der Waals surface area contributed by atoms with Gasteiger partial charge in [-0.15, -0.1) is 0 Å². The molecule has 0 radical (unpaired) electrons. The number of fused-ring (bicyclic) bond motifs is 4. The van der Waals surface area contributed by atoms with Crippen molar-refractivity contribution in [2.45, 2.75) is 56.9 Å². The molecule has 2 N–H and O–H groups in total. The summed E-state index contributed by atoms with van der Waals surface area (Å²) in [6.45, 7) is 5.57. The monoisotopic (exact) mass is 371 g/mol. The van der Waals surface area contributed by atoms with E-state index in [0.29, 0.717) is 11.7 Å². The van der Waals surface area contributed by atoms with Crippen LogP contribution >= 0.6 is 0 Å². The first kappa shape index (κ1) is 18.8. The van der Waals surface area contributed by atoms with Crippen molar-refractivity contribution in [1.82, 2.24) is 9.80 Å². The van der Waals surface area contributed by atoms with Crippen LogP contribution < -0.4 is 10.5 Å². The zero-order chi connectivity index (χ0) is 19.0. The van der Waals surface area contributed by atoms with Crippen LogP contribution in [0.3, 0.4) is 0 Å². The lowest BCUT2D eigenvalue weighted by molar-refractivity contribution is 0.120. The van der Waals surface area contributed by atoms with Gasteiger partial charge < -0.3 is 20.3 Å². The molecule has 2 bridgehead atoms. The number of benzene rings is 1. The molecule has 1 aromatic rings. The fourth-order valence-corrected chi connectivity index (χ4v) is 5.25. The van der Waals surface area contributed by atoms with E-state index >= 15 is 0 Å². The van der Waals surface area contributed by atoms with Gasteiger partial charge in [0.15, 0.2) is 0 Å². The van der Waals surface area contributed by atoms with Crippen LogP contribution in [0.5, 0.6) is 5.75 Å². The van der Waals surface area contributed by atoms with E-state index < -0.39 is 0 Å². The third-order valence-electron chi connectivity index (χ3n) is 7.16. The van der Waals surface area contributed by atoms with Crippen molar-refractivity contribution >= 4 is 6.09 Å². The molecule has 3 atom stereocenters. The number of ether oxygens (including phenoxy) is 1. The molecule has 1 amide bonds. The van der Waals surface area contributed by atoms with Crippen LogP contribution in [0.25, 0.3) is 0 Å². The molecule has 148 valence electrons. The lowest BCUT2D eigenvalue weighted by Gasteiger charge is -2.47. The maximum absolute atomic E-state index is 12.6. The Kier molecular flexibility index (Phi) is 5.17. The van der Waals surface area contributed by atoms with Crippen molar-refractivity contribution < 1.29 is 9.53 Å². The van der Waals surface area contributed by atoms with E-state index in [-0.39, 0.29) is 17.6 Å². The predicted octanol–water partition coefficient (Wildman–Crippen LogP) is 3.15. The highest BCUT2D eigenvalue weighted by Crippen LogP contribution is 2.46. The minimum absolute atomic E-state index is 0.0189. The molecule has 3 aliphatic rings. The molecule has 4 rings (SSSR count). The Balaban J connectivity index is 1.56. The van der Waals surface area contributed by atoms with E-state index in [1.807, 2.05) is 6.07 Å². The second kappa shape index (κ2) is 7.44. The number of nitrogens with zero attached hydrogens (tertiary/aromatic N) is 2. The van der Waals surface area contributed by atoms with Crippen LogP contribution in [-0.4, -0.2) is 55.2 Å². The van der Waals surface area contributed by atoms with Gasteiger partial charge in [-0.1, -0.05) is 32.3 Å². The highest BCUT2D eigenvalue weighted by molar-refractivity contribution is 5.71. The van der Waals surface area contributed by atoms with Gasteiger partial charge in [0.05, 0.1) is 0 Å². The number of hydrogen-bond donors (Lipinski definition) is 1. The summed E-state index contributed by atoms with van der Waals surface area (Å²) in [4.78, 5) is 16.6. The fourth-order valence-electron chi connectivity index (χ4n) is 5.25. The number of hydrogen-bond acceptors (Lipinski definition) is 4. The number of amides is 1. The van der Waals surface area contributed by atoms with Gasteiger partial charge >= 0.3 is 6.09 Å². The molecule has 27 heavy (non-hydrogen) atoms. The summed E-state index contributed by atoms with van der Waals surface area (Å²) >= 11 is 0. The molecule has 1 heterocycles. The van der Waals surface area contributed by atoms with E-state index in [9.17, 15) is 4.79 Å². The van der Waals surface area contributed by atoms with Crippen LogP contribution in [0, 0.1) is 5.92 Å². The third-order valence-corrected chi connectivity index (χ3v) is 7.16. The SMILES string of the molecule is CN1CCN(C(=O)Oc2ccc3c(c2)[C@@]2(C)CCCCCC(C3)[C@@H]2N)CC1. The molecule has 2 aliphatic carbocycles. The van der Waals surface area contributed by atoms with E-state index in [1.54, 1.807) is 4.90 Å². The average molecular weight is 372 g/mol. The highest BCUT2D eigenvalue weighted by atomic mass is 16.6. The van der Waals surface area contributed by atoms with Gasteiger partial charge in [0, 0.05) is 37.6 Å². The van der Waals surface area contributed by atoms with Crippen molar-refractivity contribution in [2.75, 3.05) is 33.2 Å². The molecule has 1 aliphatic heterocycles. The second-order valence-corrected chi connectivity index (χ2v) is 8.98. The molecule has 1 unspecified atom stereocenters. The van der Waals surface area contributed by atoms with Gasteiger partial charge in [0.25, 0.3) is 0 Å². The molecule has 5 nitrogen and oxygen atoms in total. The van der Waals surface area contributed by atoms with E-state index in [2.05, 4.69) is 31.0 Å². The molecule has 5 heteroatoms. The Morgan fingerprint density at radius 2 is 1.96 bits per heavy atom. The summed E-state index contributed by atoms with van der Waals surface area (Å²) in [5.41, 5.74) is 9.44. The molecule has 0 spiro atoms. The van der Waals surface area contributed by atoms with Gasteiger partial charge in [-0.3, -0.25) is 0 Å². The van der Waals surface area contributed by atoms with Crippen LogP contribution in [-0.2, 0) is 11.8 Å². The number of carbonyl (C=O) groups is 1. The van der Waals surface area contributed by atoms with Gasteiger partial charge in [-0.2, -0.15) is 0 Å². The Bertz CT molecular complexity index is 699. The molecular weight excluding hydrogens is 338 g/mol. The topological polar surface area (TPSA) is 58.8 Å². The predicted molar refractivity (Wildman–Crippen MR) is 107 cm³/mol. The lowest BCUT2D eigenvalue weighted by atomic mass is 9.60. The molecule has 1 aromatic carbocycles. The summed E-state index contributed by atoms with van der Waals surface area (Å²) in [6, 6.07) is 6.42. The van der Waals surface area contributed by atoms with E-state index in [1.165, 1.54) is 36.8 Å². The van der Waals surface area contributed by atoms with E-state index in [4.69, 9.17) is 10.5 Å². The van der Waals surface area contributed by atoms with Crippen LogP contribution in [0.4, 0.5) is 4.79 Å². The van der Waals surface area contributed by atoms with Crippen molar-refractivity contribution in [3.05, 3.63) is 29.3 Å². The second-order valence-electron chi connectivity index (χ2n) is 8.98. The minimum Gasteiger partial charge on any atom is -0.410 e. The fraction of sp³-hybridized carbons (Fsp3) is 0.682. The summed E-state index contributed by atoms with van der Waals surface area (Å²) in [5.74, 6) is 1.23. The number of likely N-dealkylation sites (N-methyl/N-ethyl adjacent to an activating group) is 1. The van der Waals surface area contributed by atoms with Crippen molar-refractivity contribution in [2.24, 2.45) is 11.7 Å². The van der Waals surface area contributed by atoms with Crippen molar-refractivity contribution in [1.29, 1.82) is 0 Å². The first-order chi connectivity index (χ1) is 13.0. The quantitative estimate of drug-likeness (QED) is 0.824.